The van der Waals surface area contributed by atoms with Gasteiger partial charge in [0.1, 0.15) is 5.92 Å². The highest BCUT2D eigenvalue weighted by Gasteiger charge is 2.36. The van der Waals surface area contributed by atoms with Gasteiger partial charge in [0.05, 0.1) is 6.42 Å². The number of hydrogen-bond donors (Lipinski definition) is 5. The number of hydrogen-bond acceptors (Lipinski definition) is 6. The molecule has 5 N–H and O–H groups in total. The second-order valence-electron chi connectivity index (χ2n) is 4.33. The van der Waals surface area contributed by atoms with Gasteiger partial charge < -0.3 is 30.3 Å². The van der Waals surface area contributed by atoms with Crippen LogP contribution in [0.4, 0.5) is 0 Å². The number of aliphatic hydroxyl groups excluding tert-OH is 2. The van der Waals surface area contributed by atoms with Gasteiger partial charge in [0, 0.05) is 19.8 Å². The Hall–Kier alpha value is -1.71. The van der Waals surface area contributed by atoms with Gasteiger partial charge >= 0.3 is 17.9 Å². The maximum Gasteiger partial charge on any atom is 0.333 e. The van der Waals surface area contributed by atoms with E-state index in [0.717, 1.165) is 12.8 Å². The van der Waals surface area contributed by atoms with E-state index in [1.807, 2.05) is 0 Å². The fourth-order valence-electron chi connectivity index (χ4n) is 1.34. The van der Waals surface area contributed by atoms with E-state index in [2.05, 4.69) is 0 Å². The molecule has 0 saturated carbocycles. The van der Waals surface area contributed by atoms with Crippen LogP contribution in [0.2, 0.25) is 0 Å². The predicted molar refractivity (Wildman–Crippen MR) is 74.5 cm³/mol. The van der Waals surface area contributed by atoms with Crippen LogP contribution in [0.5, 0.6) is 0 Å². The van der Waals surface area contributed by atoms with E-state index in [9.17, 15) is 14.4 Å². The summed E-state index contributed by atoms with van der Waals surface area (Å²) in [5.41, 5.74) is 0. The normalized spacial score (nSPS) is 12.7. The summed E-state index contributed by atoms with van der Waals surface area (Å²) in [7, 11) is 0. The minimum atomic E-state index is -1.63. The van der Waals surface area contributed by atoms with Crippen LogP contribution in [0.15, 0.2) is 0 Å². The smallest absolute Gasteiger partial charge is 0.333 e. The Kier molecular flexibility index (Phi) is 14.6. The minimum Gasteiger partial charge on any atom is -0.481 e. The largest absolute Gasteiger partial charge is 0.481 e. The summed E-state index contributed by atoms with van der Waals surface area (Å²) in [6.45, 7) is 2.19. The number of rotatable bonds is 11. The lowest BCUT2D eigenvalue weighted by Crippen LogP contribution is -2.38. The Balaban J connectivity index is 0. The molecule has 0 aliphatic heterocycles. The van der Waals surface area contributed by atoms with Crippen LogP contribution in [0.3, 0.4) is 0 Å². The van der Waals surface area contributed by atoms with Gasteiger partial charge in [-0.25, -0.2) is 4.79 Å². The number of carboxylic acid groups (broad SMARTS) is 3. The monoisotopic (exact) mass is 324 g/mol. The lowest BCUT2D eigenvalue weighted by atomic mass is 9.98. The average molecular weight is 324 g/mol. The highest BCUT2D eigenvalue weighted by atomic mass is 16.5. The first-order valence-electron chi connectivity index (χ1n) is 6.82. The maximum atomic E-state index is 10.8. The lowest BCUT2D eigenvalue weighted by molar-refractivity contribution is -0.166. The second kappa shape index (κ2) is 14.2. The van der Waals surface area contributed by atoms with Gasteiger partial charge in [0.15, 0.2) is 6.10 Å². The van der Waals surface area contributed by atoms with Crippen LogP contribution < -0.4 is 0 Å². The highest BCUT2D eigenvalue weighted by Crippen LogP contribution is 2.14. The molecule has 0 radical (unpaired) electrons. The van der Waals surface area contributed by atoms with Gasteiger partial charge in [-0.3, -0.25) is 9.59 Å². The zero-order chi connectivity index (χ0) is 17.5. The molecular formula is C13H24O9. The van der Waals surface area contributed by atoms with Crippen molar-refractivity contribution >= 4 is 17.9 Å². The Morgan fingerprint density at radius 1 is 0.955 bits per heavy atom. The number of aliphatic hydroxyl groups is 2. The van der Waals surface area contributed by atoms with Crippen molar-refractivity contribution in [3.05, 3.63) is 0 Å². The molecule has 0 heterocycles. The molecule has 2 unspecified atom stereocenters. The van der Waals surface area contributed by atoms with Crippen molar-refractivity contribution in [1.29, 1.82) is 0 Å². The van der Waals surface area contributed by atoms with Gasteiger partial charge in [-0.15, -0.1) is 0 Å². The van der Waals surface area contributed by atoms with Gasteiger partial charge in [0.25, 0.3) is 0 Å². The van der Waals surface area contributed by atoms with Crippen molar-refractivity contribution in [3.8, 4) is 0 Å². The summed E-state index contributed by atoms with van der Waals surface area (Å²) in [4.78, 5) is 31.9. The van der Waals surface area contributed by atoms with Crippen molar-refractivity contribution in [2.75, 3.05) is 19.8 Å². The molecule has 0 spiro atoms. The molecule has 0 aromatic carbocycles. The van der Waals surface area contributed by atoms with Crippen LogP contribution in [0.1, 0.15) is 32.6 Å². The fourth-order valence-corrected chi connectivity index (χ4v) is 1.34. The molecule has 0 fully saturated rings. The molecular weight excluding hydrogens is 300 g/mol. The Morgan fingerprint density at radius 2 is 1.45 bits per heavy atom. The van der Waals surface area contributed by atoms with E-state index in [4.69, 9.17) is 30.3 Å². The van der Waals surface area contributed by atoms with Crippen molar-refractivity contribution in [3.63, 3.8) is 0 Å². The van der Waals surface area contributed by atoms with Gasteiger partial charge in [-0.1, -0.05) is 6.92 Å². The first-order chi connectivity index (χ1) is 10.3. The summed E-state index contributed by atoms with van der Waals surface area (Å²) in [6.07, 6.45) is -0.458. The molecule has 0 rings (SSSR count). The lowest BCUT2D eigenvalue weighted by Gasteiger charge is -2.18. The highest BCUT2D eigenvalue weighted by molar-refractivity contribution is 5.85. The summed E-state index contributed by atoms with van der Waals surface area (Å²) in [5.74, 6) is -5.92. The van der Waals surface area contributed by atoms with Crippen LogP contribution in [0, 0.1) is 5.92 Å². The molecule has 22 heavy (non-hydrogen) atoms. The molecule has 0 aromatic rings. The molecule has 0 saturated heterocycles. The van der Waals surface area contributed by atoms with Crippen LogP contribution in [-0.2, 0) is 19.1 Å². The van der Waals surface area contributed by atoms with Gasteiger partial charge in [0.2, 0.25) is 0 Å². The average Bonchev–Trinajstić information content (AvgIpc) is 2.44. The zero-order valence-electron chi connectivity index (χ0n) is 12.5. The van der Waals surface area contributed by atoms with Crippen LogP contribution >= 0.6 is 0 Å². The summed E-state index contributed by atoms with van der Waals surface area (Å²) in [6, 6.07) is 0. The summed E-state index contributed by atoms with van der Waals surface area (Å²) in [5, 5.41) is 42.1. The van der Waals surface area contributed by atoms with Crippen molar-refractivity contribution in [2.45, 2.75) is 38.7 Å². The topological polar surface area (TPSA) is 162 Å². The van der Waals surface area contributed by atoms with Gasteiger partial charge in [-0.2, -0.15) is 0 Å². The second-order valence-corrected chi connectivity index (χ2v) is 4.33. The quantitative estimate of drug-likeness (QED) is 0.324. The van der Waals surface area contributed by atoms with Crippen LogP contribution in [0.25, 0.3) is 0 Å². The minimum absolute atomic E-state index is 0.0698. The van der Waals surface area contributed by atoms with E-state index in [0.29, 0.717) is 6.42 Å². The number of carbonyl (C=O) groups is 3. The van der Waals surface area contributed by atoms with E-state index < -0.39 is 36.4 Å². The predicted octanol–water partition coefficient (Wildman–Crippen LogP) is -0.207. The number of unbranched alkanes of at least 4 members (excludes halogenated alkanes) is 1. The van der Waals surface area contributed by atoms with Crippen molar-refractivity contribution < 1.29 is 44.7 Å². The van der Waals surface area contributed by atoms with Gasteiger partial charge in [-0.05, 0) is 19.3 Å². The molecule has 0 bridgehead atoms. The molecule has 9 nitrogen and oxygen atoms in total. The Bertz CT molecular complexity index is 325. The Labute approximate surface area is 128 Å². The SMILES string of the molecule is CCCOC(C(=O)O)C(CC(=O)O)C(=O)O.OCCCCO. The summed E-state index contributed by atoms with van der Waals surface area (Å²) >= 11 is 0. The zero-order valence-corrected chi connectivity index (χ0v) is 12.5. The van der Waals surface area contributed by atoms with Crippen molar-refractivity contribution in [1.82, 2.24) is 0 Å². The molecule has 0 aromatic heterocycles. The molecule has 9 heteroatoms. The standard InChI is InChI=1S/C9H14O7.C4H10O2/c1-2-3-16-7(9(14)15)5(8(12)13)4-6(10)11;5-3-1-2-4-6/h5,7H,2-4H2,1H3,(H,10,11)(H,12,13)(H,14,15);5-6H,1-4H2. The van der Waals surface area contributed by atoms with E-state index in [-0.39, 0.29) is 19.8 Å². The number of ether oxygens (including phenoxy) is 1. The third-order valence-corrected chi connectivity index (χ3v) is 2.39. The van der Waals surface area contributed by atoms with E-state index in [1.54, 1.807) is 6.92 Å². The molecule has 0 amide bonds. The maximum absolute atomic E-state index is 10.8. The third kappa shape index (κ3) is 12.1. The molecule has 130 valence electrons. The first kappa shape index (κ1) is 22.6. The first-order valence-corrected chi connectivity index (χ1v) is 6.82. The Morgan fingerprint density at radius 3 is 1.73 bits per heavy atom. The molecule has 0 aliphatic rings. The third-order valence-electron chi connectivity index (χ3n) is 2.39. The van der Waals surface area contributed by atoms with E-state index >= 15 is 0 Å². The number of carboxylic acids is 3. The fraction of sp³-hybridized carbons (Fsp3) is 0.769. The van der Waals surface area contributed by atoms with E-state index in [1.165, 1.54) is 0 Å². The molecule has 2 atom stereocenters. The van der Waals surface area contributed by atoms with Crippen molar-refractivity contribution in [2.24, 2.45) is 5.92 Å². The summed E-state index contributed by atoms with van der Waals surface area (Å²) < 4.78 is 4.83. The number of aliphatic carboxylic acids is 3. The molecule has 0 aliphatic carbocycles. The van der Waals surface area contributed by atoms with Crippen LogP contribution in [-0.4, -0.2) is 69.4 Å².